The highest BCUT2D eigenvalue weighted by Gasteiger charge is 2.72. The maximum absolute atomic E-state index is 12.9. The predicted octanol–water partition coefficient (Wildman–Crippen LogP) is 2.90. The molecule has 2 spiro atoms. The van der Waals surface area contributed by atoms with Crippen LogP contribution in [0.2, 0.25) is 0 Å². The zero-order valence-corrected chi connectivity index (χ0v) is 13.9. The second-order valence-corrected chi connectivity index (χ2v) is 8.52. The molecule has 2 heterocycles. The van der Waals surface area contributed by atoms with Gasteiger partial charge < -0.3 is 14.2 Å². The third-order valence-corrected chi connectivity index (χ3v) is 7.26. The molecule has 1 aromatic carbocycles. The monoisotopic (exact) mass is 322 g/mol. The van der Waals surface area contributed by atoms with Crippen LogP contribution in [-0.4, -0.2) is 33.7 Å². The lowest BCUT2D eigenvalue weighted by molar-refractivity contribution is -0.184. The van der Waals surface area contributed by atoms with Crippen molar-refractivity contribution in [3.8, 4) is 0 Å². The van der Waals surface area contributed by atoms with Crippen molar-refractivity contribution in [2.24, 2.45) is 0 Å². The Kier molecular flexibility index (Phi) is 3.28. The number of benzene rings is 1. The van der Waals surface area contributed by atoms with Crippen LogP contribution >= 0.6 is 0 Å². The smallest absolute Gasteiger partial charge is 0.174 e. The normalized spacial score (nSPS) is 33.2. The predicted molar refractivity (Wildman–Crippen MR) is 82.9 cm³/mol. The van der Waals surface area contributed by atoms with E-state index in [2.05, 4.69) is 0 Å². The standard InChI is InChI=1S/C17H22O4S/c1-13-3-5-14(6-4-13)22(18)15(2)16(21-15)7-9-17(10-8-16)19-11-12-20-17/h3-6H,7-12H2,1-2H3. The van der Waals surface area contributed by atoms with Crippen molar-refractivity contribution in [3.05, 3.63) is 29.8 Å². The topological polar surface area (TPSA) is 48.1 Å². The molecular formula is C17H22O4S. The highest BCUT2D eigenvalue weighted by molar-refractivity contribution is 7.86. The van der Waals surface area contributed by atoms with Gasteiger partial charge in [-0.2, -0.15) is 0 Å². The zero-order chi connectivity index (χ0) is 15.4. The maximum atomic E-state index is 12.9. The molecule has 2 saturated heterocycles. The number of epoxide rings is 1. The molecule has 0 bridgehead atoms. The van der Waals surface area contributed by atoms with Crippen molar-refractivity contribution < 1.29 is 18.4 Å². The van der Waals surface area contributed by atoms with Crippen LogP contribution in [0.5, 0.6) is 0 Å². The van der Waals surface area contributed by atoms with Gasteiger partial charge in [0.15, 0.2) is 10.7 Å². The Hall–Kier alpha value is -0.750. The molecule has 3 fully saturated rings. The molecule has 1 aromatic rings. The van der Waals surface area contributed by atoms with Crippen LogP contribution < -0.4 is 0 Å². The number of ether oxygens (including phenoxy) is 3. The van der Waals surface area contributed by atoms with Gasteiger partial charge in [-0.05, 0) is 38.8 Å². The van der Waals surface area contributed by atoms with Crippen molar-refractivity contribution >= 4 is 10.8 Å². The molecule has 4 nitrogen and oxygen atoms in total. The van der Waals surface area contributed by atoms with E-state index in [0.29, 0.717) is 13.2 Å². The first kappa shape index (κ1) is 14.8. The van der Waals surface area contributed by atoms with Gasteiger partial charge in [0.1, 0.15) is 5.60 Å². The summed E-state index contributed by atoms with van der Waals surface area (Å²) >= 11 is 0. The molecule has 2 atom stereocenters. The lowest BCUT2D eigenvalue weighted by Crippen LogP contribution is -2.41. The van der Waals surface area contributed by atoms with Crippen LogP contribution in [0.4, 0.5) is 0 Å². The number of hydrogen-bond acceptors (Lipinski definition) is 4. The van der Waals surface area contributed by atoms with Crippen molar-refractivity contribution in [1.29, 1.82) is 0 Å². The Bertz CT molecular complexity index is 596. The maximum Gasteiger partial charge on any atom is 0.174 e. The fraction of sp³-hybridized carbons (Fsp3) is 0.647. The second-order valence-electron chi connectivity index (χ2n) is 6.73. The van der Waals surface area contributed by atoms with Crippen LogP contribution in [0.15, 0.2) is 29.2 Å². The minimum absolute atomic E-state index is 0.274. The largest absolute Gasteiger partial charge is 0.348 e. The van der Waals surface area contributed by atoms with Gasteiger partial charge in [0.25, 0.3) is 0 Å². The van der Waals surface area contributed by atoms with Crippen LogP contribution in [0.3, 0.4) is 0 Å². The molecular weight excluding hydrogens is 300 g/mol. The minimum Gasteiger partial charge on any atom is -0.348 e. The van der Waals surface area contributed by atoms with E-state index in [-0.39, 0.29) is 5.60 Å². The van der Waals surface area contributed by atoms with E-state index >= 15 is 0 Å². The molecule has 0 amide bonds. The van der Waals surface area contributed by atoms with Gasteiger partial charge in [0, 0.05) is 17.7 Å². The van der Waals surface area contributed by atoms with Gasteiger partial charge >= 0.3 is 0 Å². The Morgan fingerprint density at radius 1 is 1.00 bits per heavy atom. The quantitative estimate of drug-likeness (QED) is 0.786. The first-order chi connectivity index (χ1) is 10.5. The number of rotatable bonds is 2. The lowest BCUT2D eigenvalue weighted by atomic mass is 9.83. The second kappa shape index (κ2) is 4.87. The summed E-state index contributed by atoms with van der Waals surface area (Å²) in [7, 11) is -1.15. The molecule has 1 aliphatic carbocycles. The first-order valence-corrected chi connectivity index (χ1v) is 9.10. The molecule has 22 heavy (non-hydrogen) atoms. The summed E-state index contributed by atoms with van der Waals surface area (Å²) in [4.78, 5) is 0.265. The fourth-order valence-electron chi connectivity index (χ4n) is 3.82. The van der Waals surface area contributed by atoms with Crippen LogP contribution in [0.1, 0.15) is 38.2 Å². The van der Waals surface area contributed by atoms with Gasteiger partial charge in [-0.25, -0.2) is 0 Å². The third-order valence-electron chi connectivity index (χ3n) is 5.40. The molecule has 0 N–H and O–H groups in total. The summed E-state index contributed by atoms with van der Waals surface area (Å²) in [5.41, 5.74) is 0.899. The van der Waals surface area contributed by atoms with E-state index in [1.807, 2.05) is 38.1 Å². The Balaban J connectivity index is 1.50. The van der Waals surface area contributed by atoms with Gasteiger partial charge in [-0.3, -0.25) is 4.21 Å². The van der Waals surface area contributed by atoms with E-state index in [0.717, 1.165) is 30.6 Å². The zero-order valence-electron chi connectivity index (χ0n) is 13.1. The van der Waals surface area contributed by atoms with Gasteiger partial charge in [0.2, 0.25) is 0 Å². The molecule has 3 aliphatic rings. The lowest BCUT2D eigenvalue weighted by Gasteiger charge is -2.35. The van der Waals surface area contributed by atoms with E-state index in [1.165, 1.54) is 5.56 Å². The Morgan fingerprint density at radius 2 is 1.59 bits per heavy atom. The Labute approximate surface area is 133 Å². The van der Waals surface area contributed by atoms with E-state index in [4.69, 9.17) is 14.2 Å². The average Bonchev–Trinajstić information content (AvgIpc) is 2.89. The summed E-state index contributed by atoms with van der Waals surface area (Å²) in [6, 6.07) is 7.89. The molecule has 5 heteroatoms. The average molecular weight is 322 g/mol. The Morgan fingerprint density at radius 3 is 2.18 bits per heavy atom. The van der Waals surface area contributed by atoms with Gasteiger partial charge in [0.05, 0.1) is 24.0 Å². The van der Waals surface area contributed by atoms with Gasteiger partial charge in [-0.1, -0.05) is 17.7 Å². The van der Waals surface area contributed by atoms with E-state index in [1.54, 1.807) is 0 Å². The van der Waals surface area contributed by atoms with Crippen molar-refractivity contribution in [3.63, 3.8) is 0 Å². The van der Waals surface area contributed by atoms with Crippen molar-refractivity contribution in [2.75, 3.05) is 13.2 Å². The first-order valence-electron chi connectivity index (χ1n) is 7.95. The number of hydrogen-bond donors (Lipinski definition) is 0. The molecule has 4 rings (SSSR count). The molecule has 1 saturated carbocycles. The number of aryl methyl sites for hydroxylation is 1. The van der Waals surface area contributed by atoms with Crippen molar-refractivity contribution in [2.45, 2.75) is 60.7 Å². The molecule has 0 aromatic heterocycles. The summed E-state index contributed by atoms with van der Waals surface area (Å²) in [6.45, 7) is 5.38. The summed E-state index contributed by atoms with van der Waals surface area (Å²) in [5, 5.41) is 0. The summed E-state index contributed by atoms with van der Waals surface area (Å²) in [6.07, 6.45) is 3.35. The fourth-order valence-corrected chi connectivity index (χ4v) is 5.43. The summed E-state index contributed by atoms with van der Waals surface area (Å²) in [5.74, 6) is -0.399. The van der Waals surface area contributed by atoms with Crippen LogP contribution in [0, 0.1) is 6.92 Å². The highest BCUT2D eigenvalue weighted by atomic mass is 32.2. The van der Waals surface area contributed by atoms with E-state index in [9.17, 15) is 4.21 Å². The van der Waals surface area contributed by atoms with Gasteiger partial charge in [-0.15, -0.1) is 0 Å². The van der Waals surface area contributed by atoms with Crippen molar-refractivity contribution in [1.82, 2.24) is 0 Å². The highest BCUT2D eigenvalue weighted by Crippen LogP contribution is 2.61. The van der Waals surface area contributed by atoms with Crippen LogP contribution in [0.25, 0.3) is 0 Å². The SMILES string of the molecule is Cc1ccc(S(=O)C2(C)OC23CCC2(CC3)OCCO2)cc1. The molecule has 2 unspecified atom stereocenters. The van der Waals surface area contributed by atoms with E-state index < -0.39 is 21.5 Å². The summed E-state index contributed by atoms with van der Waals surface area (Å²) < 4.78 is 30.6. The third kappa shape index (κ3) is 2.10. The molecule has 2 aliphatic heterocycles. The van der Waals surface area contributed by atoms with Crippen LogP contribution in [-0.2, 0) is 25.0 Å². The minimum atomic E-state index is -1.15. The molecule has 0 radical (unpaired) electrons. The molecule has 120 valence electrons.